The fraction of sp³-hybridized carbons (Fsp3) is 0.680. The summed E-state index contributed by atoms with van der Waals surface area (Å²) in [6.07, 6.45) is -12.5. The van der Waals surface area contributed by atoms with E-state index in [1.165, 1.54) is 0 Å². The van der Waals surface area contributed by atoms with E-state index in [9.17, 15) is 150 Å². The lowest BCUT2D eigenvalue weighted by atomic mass is 9.89. The number of carbonyl (C=O) groups excluding carboxylic acids is 2. The summed E-state index contributed by atoms with van der Waals surface area (Å²) in [7, 11) is 0. The van der Waals surface area contributed by atoms with Crippen LogP contribution < -0.4 is 10.6 Å². The molecule has 0 saturated heterocycles. The van der Waals surface area contributed by atoms with E-state index in [1.54, 1.807) is 0 Å². The molecule has 356 valence electrons. The van der Waals surface area contributed by atoms with Crippen LogP contribution in [0.4, 0.5) is 152 Å². The Hall–Kier alpha value is -4.08. The SMILES string of the molecule is Cc1ccc(NC(=O)C(F)(F)C(F)(F)C(F)(F)C(F)(F)C(F)(F)C(F)(F)C(F)(F)C(F)F)c(NC(=O)C(F)(F)C(F)(F)C(F)(F)C(F)(F)C(F)(F)C(F)(F)C(F)(F)C(F)F)c1. The highest BCUT2D eigenvalue weighted by atomic mass is 19.4. The molecule has 0 saturated carbocycles. The Morgan fingerprint density at radius 2 is 0.607 bits per heavy atom. The van der Waals surface area contributed by atoms with Gasteiger partial charge >= 0.3 is 108 Å². The third kappa shape index (κ3) is 7.33. The van der Waals surface area contributed by atoms with Crippen molar-refractivity contribution in [2.45, 2.75) is 103 Å². The maximum Gasteiger partial charge on any atom is 0.393 e. The minimum absolute atomic E-state index is 0.00645. The molecule has 0 bridgehead atoms. The van der Waals surface area contributed by atoms with Gasteiger partial charge in [0.15, 0.2) is 0 Å². The molecule has 0 radical (unpaired) electrons. The van der Waals surface area contributed by atoms with Crippen LogP contribution in [-0.4, -0.2) is 108 Å². The predicted molar refractivity (Wildman–Crippen MR) is 130 cm³/mol. The van der Waals surface area contributed by atoms with Crippen molar-refractivity contribution in [3.63, 3.8) is 0 Å². The largest absolute Gasteiger partial charge is 0.393 e. The van der Waals surface area contributed by atoms with Crippen molar-refractivity contribution in [1.29, 1.82) is 0 Å². The molecule has 36 heteroatoms. The van der Waals surface area contributed by atoms with E-state index in [1.807, 2.05) is 0 Å². The van der Waals surface area contributed by atoms with Gasteiger partial charge in [-0.3, -0.25) is 9.59 Å². The minimum atomic E-state index is -9.09. The Balaban J connectivity index is 3.79. The average Bonchev–Trinajstić information content (AvgIpc) is 3.07. The topological polar surface area (TPSA) is 58.2 Å². The lowest BCUT2D eigenvalue weighted by molar-refractivity contribution is -0.443. The number of aryl methyl sites for hydroxylation is 1. The fourth-order valence-corrected chi connectivity index (χ4v) is 3.83. The number of nitrogens with one attached hydrogen (secondary N) is 2. The van der Waals surface area contributed by atoms with Crippen LogP contribution in [0.3, 0.4) is 0 Å². The average molecular weight is 978 g/mol. The molecule has 1 rings (SSSR count). The second-order valence-corrected chi connectivity index (χ2v) is 11.7. The standard InChI is InChI=1S/C25H10F32N2O2/c1-5-2-3-6(58-10(60)14(34,35)18(42,43)22(50,51)24(54,55)20(46,47)16(38,39)12(30,31)8(26)27)7(4-5)59-11(61)15(36,37)19(44,45)23(52,53)25(56,57)21(48,49)17(40,41)13(32,33)9(28)29/h2-4,8-9H,1H3,(H,58,60)(H,59,61). The van der Waals surface area contributed by atoms with Crippen LogP contribution in [-0.2, 0) is 9.59 Å². The van der Waals surface area contributed by atoms with E-state index in [4.69, 9.17) is 0 Å². The molecule has 2 N–H and O–H groups in total. The molecule has 0 atom stereocenters. The lowest BCUT2D eigenvalue weighted by Crippen LogP contribution is -2.74. The Labute approximate surface area is 311 Å². The van der Waals surface area contributed by atoms with Crippen molar-refractivity contribution in [3.05, 3.63) is 23.8 Å². The minimum Gasteiger partial charge on any atom is -0.319 e. The maximum absolute atomic E-state index is 14.4. The van der Waals surface area contributed by atoms with Crippen LogP contribution in [0.2, 0.25) is 0 Å². The molecular weight excluding hydrogens is 968 g/mol. The van der Waals surface area contributed by atoms with E-state index in [2.05, 4.69) is 0 Å². The highest BCUT2D eigenvalue weighted by molar-refractivity contribution is 6.04. The number of alkyl halides is 32. The molecule has 2 amide bonds. The molecule has 0 aromatic heterocycles. The van der Waals surface area contributed by atoms with Crippen LogP contribution in [0.1, 0.15) is 5.56 Å². The van der Waals surface area contributed by atoms with Gasteiger partial charge in [-0.25, -0.2) is 17.6 Å². The number of anilines is 2. The first-order chi connectivity index (χ1) is 26.3. The van der Waals surface area contributed by atoms with Gasteiger partial charge in [0.25, 0.3) is 0 Å². The molecule has 4 nitrogen and oxygen atoms in total. The number of hydrogen-bond donors (Lipinski definition) is 2. The summed E-state index contributed by atoms with van der Waals surface area (Å²) in [5, 5.41) is 0.000708. The van der Waals surface area contributed by atoms with Crippen molar-refractivity contribution >= 4 is 23.2 Å². The molecule has 0 aliphatic rings. The number of benzene rings is 1. The quantitative estimate of drug-likeness (QED) is 0.144. The summed E-state index contributed by atoms with van der Waals surface area (Å²) in [4.78, 5) is 23.8. The molecule has 61 heavy (non-hydrogen) atoms. The number of hydrogen-bond acceptors (Lipinski definition) is 2. The molecule has 0 heterocycles. The number of carbonyl (C=O) groups is 2. The van der Waals surface area contributed by atoms with Crippen molar-refractivity contribution in [1.82, 2.24) is 0 Å². The Morgan fingerprint density at radius 1 is 0.377 bits per heavy atom. The van der Waals surface area contributed by atoms with Crippen LogP contribution in [0, 0.1) is 6.92 Å². The highest BCUT2D eigenvalue weighted by Crippen LogP contribution is 2.65. The third-order valence-corrected chi connectivity index (χ3v) is 7.57. The first kappa shape index (κ1) is 54.9. The second-order valence-electron chi connectivity index (χ2n) is 11.7. The third-order valence-electron chi connectivity index (χ3n) is 7.57. The molecule has 0 fully saturated rings. The van der Waals surface area contributed by atoms with Crippen LogP contribution in [0.5, 0.6) is 0 Å². The first-order valence-electron chi connectivity index (χ1n) is 13.9. The molecule has 0 aliphatic carbocycles. The first-order valence-corrected chi connectivity index (χ1v) is 13.9. The van der Waals surface area contributed by atoms with Crippen molar-refractivity contribution in [3.8, 4) is 0 Å². The van der Waals surface area contributed by atoms with E-state index in [0.717, 1.165) is 0 Å². The van der Waals surface area contributed by atoms with E-state index in [-0.39, 0.29) is 28.8 Å². The van der Waals surface area contributed by atoms with E-state index < -0.39 is 125 Å². The molecule has 0 unspecified atom stereocenters. The summed E-state index contributed by atoms with van der Waals surface area (Å²) < 4.78 is 435. The normalized spacial score (nSPS) is 15.7. The van der Waals surface area contributed by atoms with Gasteiger partial charge in [-0.05, 0) is 24.6 Å². The van der Waals surface area contributed by atoms with Crippen molar-refractivity contribution in [2.75, 3.05) is 10.6 Å². The van der Waals surface area contributed by atoms with Gasteiger partial charge < -0.3 is 10.6 Å². The zero-order valence-corrected chi connectivity index (χ0v) is 27.3. The zero-order valence-electron chi connectivity index (χ0n) is 27.3. The van der Waals surface area contributed by atoms with Crippen molar-refractivity contribution < 1.29 is 150 Å². The van der Waals surface area contributed by atoms with Gasteiger partial charge in [-0.15, -0.1) is 0 Å². The summed E-state index contributed by atoms with van der Waals surface area (Å²) in [6.45, 7) is 0.527. The zero-order chi connectivity index (χ0) is 49.6. The van der Waals surface area contributed by atoms with Gasteiger partial charge in [-0.2, -0.15) is 123 Å². The lowest BCUT2D eigenvalue weighted by Gasteiger charge is -2.42. The number of halogens is 32. The molecule has 0 aliphatic heterocycles. The Morgan fingerprint density at radius 3 is 0.869 bits per heavy atom. The summed E-state index contributed by atoms with van der Waals surface area (Å²) in [5.74, 6) is -129. The van der Waals surface area contributed by atoms with E-state index >= 15 is 0 Å². The summed E-state index contributed by atoms with van der Waals surface area (Å²) in [5.41, 5.74) is -5.54. The van der Waals surface area contributed by atoms with E-state index in [0.29, 0.717) is 6.92 Å². The summed E-state index contributed by atoms with van der Waals surface area (Å²) >= 11 is 0. The molecule has 0 spiro atoms. The van der Waals surface area contributed by atoms with Crippen LogP contribution in [0.15, 0.2) is 18.2 Å². The van der Waals surface area contributed by atoms with Crippen LogP contribution >= 0.6 is 0 Å². The summed E-state index contributed by atoms with van der Waals surface area (Å²) in [6, 6.07) is -0.481. The second kappa shape index (κ2) is 15.0. The van der Waals surface area contributed by atoms with Gasteiger partial charge in [0, 0.05) is 0 Å². The predicted octanol–water partition coefficient (Wildman–Crippen LogP) is 11.3. The number of amides is 2. The maximum atomic E-state index is 14.4. The van der Waals surface area contributed by atoms with Gasteiger partial charge in [0.1, 0.15) is 0 Å². The molecular formula is C25H10F32N2O2. The molecule has 1 aromatic carbocycles. The smallest absolute Gasteiger partial charge is 0.319 e. The van der Waals surface area contributed by atoms with Gasteiger partial charge in [0.2, 0.25) is 0 Å². The highest BCUT2D eigenvalue weighted by Gasteiger charge is 2.96. The fourth-order valence-electron chi connectivity index (χ4n) is 3.83. The number of rotatable bonds is 18. The molecule has 1 aromatic rings. The Bertz CT molecular complexity index is 1800. The Kier molecular flexibility index (Phi) is 13.5. The van der Waals surface area contributed by atoms with Crippen LogP contribution in [0.25, 0.3) is 0 Å². The monoisotopic (exact) mass is 978 g/mol. The van der Waals surface area contributed by atoms with Gasteiger partial charge in [0.05, 0.1) is 11.4 Å². The van der Waals surface area contributed by atoms with Gasteiger partial charge in [-0.1, -0.05) is 6.07 Å². The van der Waals surface area contributed by atoms with Crippen molar-refractivity contribution in [2.24, 2.45) is 0 Å².